The molecule has 1 N–H and O–H groups in total. The second-order valence-electron chi connectivity index (χ2n) is 7.18. The number of rotatable bonds is 9. The highest BCUT2D eigenvalue weighted by Gasteiger charge is 2.15. The minimum absolute atomic E-state index is 0.127. The average molecular weight is 497 g/mol. The van der Waals surface area contributed by atoms with Crippen molar-refractivity contribution in [3.05, 3.63) is 87.4 Å². The number of carbonyl (C=O) groups is 1. The van der Waals surface area contributed by atoms with Crippen LogP contribution in [0.1, 0.15) is 11.1 Å². The number of hydrogen-bond acceptors (Lipinski definition) is 5. The lowest BCUT2D eigenvalue weighted by atomic mass is 10.1. The molecule has 0 aromatic heterocycles. The van der Waals surface area contributed by atoms with Crippen molar-refractivity contribution in [2.24, 2.45) is 0 Å². The van der Waals surface area contributed by atoms with E-state index in [1.54, 1.807) is 37.4 Å². The molecule has 8 heteroatoms. The van der Waals surface area contributed by atoms with Crippen LogP contribution in [0.3, 0.4) is 0 Å². The molecule has 0 heterocycles. The molecule has 0 bridgehead atoms. The van der Waals surface area contributed by atoms with Gasteiger partial charge in [-0.3, -0.25) is 4.79 Å². The Kier molecular flexibility index (Phi) is 8.80. The van der Waals surface area contributed by atoms with Crippen LogP contribution >= 0.6 is 23.2 Å². The smallest absolute Gasteiger partial charge is 0.266 e. The molecule has 3 aromatic carbocycles. The summed E-state index contributed by atoms with van der Waals surface area (Å²) in [5.41, 5.74) is 1.84. The van der Waals surface area contributed by atoms with Crippen molar-refractivity contribution in [3.63, 3.8) is 0 Å². The van der Waals surface area contributed by atoms with Crippen molar-refractivity contribution in [1.82, 2.24) is 0 Å². The maximum absolute atomic E-state index is 12.7. The minimum Gasteiger partial charge on any atom is -0.497 e. The van der Waals surface area contributed by atoms with Gasteiger partial charge in [-0.25, -0.2) is 0 Å². The lowest BCUT2D eigenvalue weighted by Crippen LogP contribution is -2.14. The number of nitrogens with zero attached hydrogens (tertiary/aromatic N) is 1. The molecule has 174 valence electrons. The number of amides is 1. The lowest BCUT2D eigenvalue weighted by molar-refractivity contribution is -0.112. The molecule has 0 saturated heterocycles. The Balaban J connectivity index is 1.74. The summed E-state index contributed by atoms with van der Waals surface area (Å²) in [5, 5.41) is 12.9. The van der Waals surface area contributed by atoms with E-state index < -0.39 is 5.91 Å². The van der Waals surface area contributed by atoms with E-state index in [1.165, 1.54) is 12.1 Å². The maximum atomic E-state index is 12.7. The standard InChI is InChI=1S/C26H22Cl2N2O4/c1-17-5-3-6-21(11-17)30-26(31)19(16-29)12-18-13-20(27)14-24(28)25(18)34-10-9-33-23-8-4-7-22(15-23)32-2/h3-8,11-15H,9-10H2,1-2H3,(H,30,31). The zero-order valence-corrected chi connectivity index (χ0v) is 20.1. The van der Waals surface area contributed by atoms with Gasteiger partial charge in [0, 0.05) is 22.3 Å². The quantitative estimate of drug-likeness (QED) is 0.213. The predicted octanol–water partition coefficient (Wildman–Crippen LogP) is 6.31. The summed E-state index contributed by atoms with van der Waals surface area (Å²) in [6.07, 6.45) is 1.39. The van der Waals surface area contributed by atoms with Crippen LogP contribution in [0.15, 0.2) is 66.2 Å². The van der Waals surface area contributed by atoms with Crippen LogP contribution in [-0.2, 0) is 4.79 Å². The third-order valence-corrected chi connectivity index (χ3v) is 5.12. The summed E-state index contributed by atoms with van der Waals surface area (Å²) in [6, 6.07) is 19.5. The van der Waals surface area contributed by atoms with Crippen molar-refractivity contribution in [2.75, 3.05) is 25.6 Å². The molecule has 0 atom stereocenters. The van der Waals surface area contributed by atoms with Gasteiger partial charge in [0.05, 0.1) is 12.1 Å². The molecule has 0 radical (unpaired) electrons. The highest BCUT2D eigenvalue weighted by Crippen LogP contribution is 2.34. The number of aryl methyl sites for hydroxylation is 1. The Morgan fingerprint density at radius 3 is 2.50 bits per heavy atom. The monoisotopic (exact) mass is 496 g/mol. The fraction of sp³-hybridized carbons (Fsp3) is 0.154. The Bertz CT molecular complexity index is 1250. The first-order valence-corrected chi connectivity index (χ1v) is 11.0. The first-order valence-electron chi connectivity index (χ1n) is 10.3. The van der Waals surface area contributed by atoms with E-state index in [2.05, 4.69) is 5.32 Å². The summed E-state index contributed by atoms with van der Waals surface area (Å²) in [6.45, 7) is 2.30. The molecular weight excluding hydrogens is 475 g/mol. The van der Waals surface area contributed by atoms with E-state index in [4.69, 9.17) is 37.4 Å². The van der Waals surface area contributed by atoms with E-state index in [-0.39, 0.29) is 29.6 Å². The van der Waals surface area contributed by atoms with Crippen LogP contribution in [0.5, 0.6) is 17.2 Å². The van der Waals surface area contributed by atoms with Crippen LogP contribution in [0, 0.1) is 18.3 Å². The van der Waals surface area contributed by atoms with Gasteiger partial charge in [0.1, 0.15) is 42.1 Å². The number of carbonyl (C=O) groups excluding carboxylic acids is 1. The molecule has 0 saturated carbocycles. The maximum Gasteiger partial charge on any atom is 0.266 e. The van der Waals surface area contributed by atoms with E-state index in [0.29, 0.717) is 27.8 Å². The summed E-state index contributed by atoms with van der Waals surface area (Å²) >= 11 is 12.5. The van der Waals surface area contributed by atoms with E-state index in [0.717, 1.165) is 5.56 Å². The zero-order chi connectivity index (χ0) is 24.5. The zero-order valence-electron chi connectivity index (χ0n) is 18.6. The number of methoxy groups -OCH3 is 1. The predicted molar refractivity (Wildman–Crippen MR) is 134 cm³/mol. The van der Waals surface area contributed by atoms with Gasteiger partial charge >= 0.3 is 0 Å². The average Bonchev–Trinajstić information content (AvgIpc) is 2.81. The number of benzene rings is 3. The molecule has 6 nitrogen and oxygen atoms in total. The molecule has 1 amide bonds. The van der Waals surface area contributed by atoms with Crippen molar-refractivity contribution in [1.29, 1.82) is 5.26 Å². The molecular formula is C26H22Cl2N2O4. The number of ether oxygens (including phenoxy) is 3. The fourth-order valence-corrected chi connectivity index (χ4v) is 3.62. The van der Waals surface area contributed by atoms with Crippen LogP contribution in [0.4, 0.5) is 5.69 Å². The van der Waals surface area contributed by atoms with Crippen molar-refractivity contribution < 1.29 is 19.0 Å². The Morgan fingerprint density at radius 1 is 1.03 bits per heavy atom. The molecule has 0 fully saturated rings. The Labute approximate surface area is 208 Å². The van der Waals surface area contributed by atoms with Gasteiger partial charge in [0.2, 0.25) is 0 Å². The highest BCUT2D eigenvalue weighted by molar-refractivity contribution is 6.36. The van der Waals surface area contributed by atoms with Crippen LogP contribution in [-0.4, -0.2) is 26.2 Å². The van der Waals surface area contributed by atoms with Crippen LogP contribution in [0.25, 0.3) is 6.08 Å². The third-order valence-electron chi connectivity index (χ3n) is 4.62. The van der Waals surface area contributed by atoms with E-state index in [9.17, 15) is 10.1 Å². The second kappa shape index (κ2) is 12.0. The van der Waals surface area contributed by atoms with Crippen molar-refractivity contribution in [3.8, 4) is 23.3 Å². The van der Waals surface area contributed by atoms with Gasteiger partial charge in [0.15, 0.2) is 0 Å². The number of hydrogen-bond donors (Lipinski definition) is 1. The van der Waals surface area contributed by atoms with Gasteiger partial charge in [-0.15, -0.1) is 0 Å². The molecule has 34 heavy (non-hydrogen) atoms. The molecule has 3 rings (SSSR count). The Hall–Kier alpha value is -3.66. The summed E-state index contributed by atoms with van der Waals surface area (Å²) in [7, 11) is 1.58. The van der Waals surface area contributed by atoms with Crippen LogP contribution < -0.4 is 19.5 Å². The lowest BCUT2D eigenvalue weighted by Gasteiger charge is -2.13. The number of nitrogens with one attached hydrogen (secondary N) is 1. The number of anilines is 1. The van der Waals surface area contributed by atoms with Gasteiger partial charge in [-0.2, -0.15) is 5.26 Å². The third kappa shape index (κ3) is 6.92. The number of nitriles is 1. The first-order chi connectivity index (χ1) is 16.4. The SMILES string of the molecule is COc1cccc(OCCOc2c(Cl)cc(Cl)cc2C=C(C#N)C(=O)Nc2cccc(C)c2)c1. The molecule has 0 aliphatic carbocycles. The summed E-state index contributed by atoms with van der Waals surface area (Å²) in [5.74, 6) is 1.04. The van der Waals surface area contributed by atoms with Gasteiger partial charge < -0.3 is 19.5 Å². The van der Waals surface area contributed by atoms with Crippen LogP contribution in [0.2, 0.25) is 10.0 Å². The first kappa shape index (κ1) is 25.0. The normalized spacial score (nSPS) is 10.9. The summed E-state index contributed by atoms with van der Waals surface area (Å²) < 4.78 is 16.7. The van der Waals surface area contributed by atoms with Gasteiger partial charge in [0.25, 0.3) is 5.91 Å². The van der Waals surface area contributed by atoms with Gasteiger partial charge in [-0.1, -0.05) is 41.4 Å². The molecule has 0 aliphatic rings. The molecule has 0 aliphatic heterocycles. The second-order valence-corrected chi connectivity index (χ2v) is 8.02. The molecule has 3 aromatic rings. The van der Waals surface area contributed by atoms with Crippen molar-refractivity contribution in [2.45, 2.75) is 6.92 Å². The highest BCUT2D eigenvalue weighted by atomic mass is 35.5. The molecule has 0 unspecified atom stereocenters. The topological polar surface area (TPSA) is 80.6 Å². The fourth-order valence-electron chi connectivity index (χ4n) is 3.06. The van der Waals surface area contributed by atoms with Gasteiger partial charge in [-0.05, 0) is 55.0 Å². The largest absolute Gasteiger partial charge is 0.497 e. The minimum atomic E-state index is -0.559. The van der Waals surface area contributed by atoms with Crippen molar-refractivity contribution >= 4 is 40.9 Å². The Morgan fingerprint density at radius 2 is 1.76 bits per heavy atom. The van der Waals surface area contributed by atoms with E-state index in [1.807, 2.05) is 37.3 Å². The molecule has 0 spiro atoms. The summed E-state index contributed by atoms with van der Waals surface area (Å²) in [4.78, 5) is 12.7. The van der Waals surface area contributed by atoms with E-state index >= 15 is 0 Å². The number of halogens is 2.